The third-order valence-corrected chi connectivity index (χ3v) is 5.89. The predicted molar refractivity (Wildman–Crippen MR) is 140 cm³/mol. The van der Waals surface area contributed by atoms with Gasteiger partial charge in [0, 0.05) is 36.1 Å². The number of hydrogen-bond acceptors (Lipinski definition) is 2. The average Bonchev–Trinajstić information content (AvgIpc) is 3.30. The minimum atomic E-state index is -0.960. The second-order valence-electron chi connectivity index (χ2n) is 8.45. The smallest absolute Gasteiger partial charge is 0.328 e. The molecular formula is C31H25NO3. The van der Waals surface area contributed by atoms with Crippen LogP contribution in [0.15, 0.2) is 116 Å². The molecule has 0 saturated carbocycles. The number of carboxylic acid groups (broad SMARTS) is 1. The van der Waals surface area contributed by atoms with Crippen LogP contribution in [0, 0.1) is 0 Å². The number of carboxylic acids is 1. The quantitative estimate of drug-likeness (QED) is 0.253. The highest BCUT2D eigenvalue weighted by Gasteiger charge is 2.09. The first-order valence-electron chi connectivity index (χ1n) is 11.5. The van der Waals surface area contributed by atoms with E-state index in [-0.39, 0.29) is 0 Å². The van der Waals surface area contributed by atoms with Crippen LogP contribution in [0.1, 0.15) is 16.7 Å². The molecule has 0 aliphatic heterocycles. The molecule has 0 unspecified atom stereocenters. The Kier molecular flexibility index (Phi) is 6.44. The van der Waals surface area contributed by atoms with Crippen molar-refractivity contribution in [3.8, 4) is 16.9 Å². The lowest BCUT2D eigenvalue weighted by Crippen LogP contribution is -1.97. The summed E-state index contributed by atoms with van der Waals surface area (Å²) in [6.45, 7) is 1.23. The van der Waals surface area contributed by atoms with Gasteiger partial charge in [0.15, 0.2) is 0 Å². The number of nitrogens with zero attached hydrogens (tertiary/aromatic N) is 1. The Morgan fingerprint density at radius 1 is 0.800 bits per heavy atom. The van der Waals surface area contributed by atoms with Gasteiger partial charge in [-0.15, -0.1) is 0 Å². The van der Waals surface area contributed by atoms with Crippen molar-refractivity contribution in [2.24, 2.45) is 0 Å². The number of aromatic nitrogens is 1. The molecule has 5 rings (SSSR count). The first kappa shape index (κ1) is 22.2. The van der Waals surface area contributed by atoms with Gasteiger partial charge in [-0.3, -0.25) is 0 Å². The fourth-order valence-electron chi connectivity index (χ4n) is 4.18. The maximum absolute atomic E-state index is 11.1. The molecule has 0 saturated heterocycles. The van der Waals surface area contributed by atoms with Crippen LogP contribution in [0.25, 0.3) is 28.0 Å². The number of ether oxygens (including phenoxy) is 1. The summed E-state index contributed by atoms with van der Waals surface area (Å²) in [5.74, 6) is -0.111. The zero-order chi connectivity index (χ0) is 24.0. The average molecular weight is 460 g/mol. The molecule has 5 aromatic rings. The van der Waals surface area contributed by atoms with E-state index in [0.29, 0.717) is 13.2 Å². The van der Waals surface area contributed by atoms with Gasteiger partial charge in [0.05, 0.1) is 0 Å². The summed E-state index contributed by atoms with van der Waals surface area (Å²) in [5.41, 5.74) is 5.24. The number of benzene rings is 4. The lowest BCUT2D eigenvalue weighted by atomic mass is 10.0. The SMILES string of the molecule is O=C(O)/C=C/c1cn(Cc2ccc3cc(OCc4ccccc4)ccc3c2)cc1-c1ccccc1. The number of rotatable bonds is 8. The molecule has 0 spiro atoms. The Bertz CT molecular complexity index is 1480. The number of aliphatic carboxylic acids is 1. The van der Waals surface area contributed by atoms with Crippen molar-refractivity contribution >= 4 is 22.8 Å². The van der Waals surface area contributed by atoms with Crippen LogP contribution in [-0.4, -0.2) is 15.6 Å². The normalized spacial score (nSPS) is 11.2. The topological polar surface area (TPSA) is 51.5 Å². The second-order valence-corrected chi connectivity index (χ2v) is 8.45. The van der Waals surface area contributed by atoms with E-state index in [1.165, 1.54) is 11.6 Å². The zero-order valence-corrected chi connectivity index (χ0v) is 19.2. The third kappa shape index (κ3) is 5.50. The minimum Gasteiger partial charge on any atom is -0.489 e. The van der Waals surface area contributed by atoms with Crippen molar-refractivity contribution in [3.05, 3.63) is 132 Å². The number of fused-ring (bicyclic) bond motifs is 1. The highest BCUT2D eigenvalue weighted by Crippen LogP contribution is 2.28. The van der Waals surface area contributed by atoms with Crippen molar-refractivity contribution in [1.29, 1.82) is 0 Å². The van der Waals surface area contributed by atoms with E-state index in [4.69, 9.17) is 9.84 Å². The van der Waals surface area contributed by atoms with Crippen molar-refractivity contribution in [2.45, 2.75) is 13.2 Å². The van der Waals surface area contributed by atoms with Gasteiger partial charge in [-0.1, -0.05) is 78.9 Å². The van der Waals surface area contributed by atoms with E-state index in [0.717, 1.165) is 38.8 Å². The lowest BCUT2D eigenvalue weighted by molar-refractivity contribution is -0.131. The first-order chi connectivity index (χ1) is 17.1. The van der Waals surface area contributed by atoms with E-state index in [1.54, 1.807) is 6.08 Å². The molecule has 0 aliphatic rings. The minimum absolute atomic E-state index is 0.542. The Balaban J connectivity index is 1.36. The molecule has 4 aromatic carbocycles. The molecule has 0 fully saturated rings. The maximum Gasteiger partial charge on any atom is 0.328 e. The van der Waals surface area contributed by atoms with Crippen LogP contribution in [0.5, 0.6) is 5.75 Å². The fourth-order valence-corrected chi connectivity index (χ4v) is 4.18. The summed E-state index contributed by atoms with van der Waals surface area (Å²) in [7, 11) is 0. The van der Waals surface area contributed by atoms with E-state index < -0.39 is 5.97 Å². The van der Waals surface area contributed by atoms with Gasteiger partial charge in [0.2, 0.25) is 0 Å². The van der Waals surface area contributed by atoms with E-state index in [9.17, 15) is 4.79 Å². The van der Waals surface area contributed by atoms with E-state index in [2.05, 4.69) is 53.2 Å². The molecular weight excluding hydrogens is 434 g/mol. The predicted octanol–water partition coefficient (Wildman–Crippen LogP) is 7.03. The van der Waals surface area contributed by atoms with Gasteiger partial charge >= 0.3 is 5.97 Å². The van der Waals surface area contributed by atoms with Gasteiger partial charge in [0.1, 0.15) is 12.4 Å². The molecule has 0 atom stereocenters. The van der Waals surface area contributed by atoms with Crippen LogP contribution in [0.4, 0.5) is 0 Å². The molecule has 0 aliphatic carbocycles. The summed E-state index contributed by atoms with van der Waals surface area (Å²) < 4.78 is 8.07. The molecule has 35 heavy (non-hydrogen) atoms. The van der Waals surface area contributed by atoms with E-state index in [1.807, 2.05) is 60.8 Å². The Morgan fingerprint density at radius 3 is 2.29 bits per heavy atom. The third-order valence-electron chi connectivity index (χ3n) is 5.89. The van der Waals surface area contributed by atoms with Crippen molar-refractivity contribution < 1.29 is 14.6 Å². The van der Waals surface area contributed by atoms with Gasteiger partial charge in [-0.2, -0.15) is 0 Å². The molecule has 0 bridgehead atoms. The Labute approximate surface area is 204 Å². The van der Waals surface area contributed by atoms with Crippen LogP contribution >= 0.6 is 0 Å². The summed E-state index contributed by atoms with van der Waals surface area (Å²) in [6, 6.07) is 32.7. The van der Waals surface area contributed by atoms with Crippen LogP contribution < -0.4 is 4.74 Å². The highest BCUT2D eigenvalue weighted by molar-refractivity contribution is 5.88. The van der Waals surface area contributed by atoms with Gasteiger partial charge in [0.25, 0.3) is 0 Å². The molecule has 0 amide bonds. The first-order valence-corrected chi connectivity index (χ1v) is 11.5. The van der Waals surface area contributed by atoms with Gasteiger partial charge in [-0.05, 0) is 51.7 Å². The molecule has 1 aromatic heterocycles. The largest absolute Gasteiger partial charge is 0.489 e. The Hall–Kier alpha value is -4.57. The van der Waals surface area contributed by atoms with Crippen LogP contribution in [0.2, 0.25) is 0 Å². The Morgan fingerprint density at radius 2 is 1.51 bits per heavy atom. The molecule has 172 valence electrons. The molecule has 4 nitrogen and oxygen atoms in total. The second kappa shape index (κ2) is 10.1. The molecule has 0 radical (unpaired) electrons. The van der Waals surface area contributed by atoms with Crippen LogP contribution in [-0.2, 0) is 17.9 Å². The standard InChI is InChI=1S/C31H25NO3/c33-31(34)16-14-28-20-32(21-30(28)25-9-5-2-6-10-25)19-24-11-12-27-18-29(15-13-26(27)17-24)35-22-23-7-3-1-4-8-23/h1-18,20-21H,19,22H2,(H,33,34)/b16-14+. The number of carbonyl (C=O) groups is 1. The summed E-state index contributed by atoms with van der Waals surface area (Å²) >= 11 is 0. The van der Waals surface area contributed by atoms with E-state index >= 15 is 0 Å². The summed E-state index contributed by atoms with van der Waals surface area (Å²) in [4.78, 5) is 11.1. The zero-order valence-electron chi connectivity index (χ0n) is 19.2. The monoisotopic (exact) mass is 459 g/mol. The highest BCUT2D eigenvalue weighted by atomic mass is 16.5. The van der Waals surface area contributed by atoms with Crippen molar-refractivity contribution in [3.63, 3.8) is 0 Å². The van der Waals surface area contributed by atoms with Gasteiger partial charge in [-0.25, -0.2) is 4.79 Å². The summed E-state index contributed by atoms with van der Waals surface area (Å²) in [5, 5.41) is 11.4. The maximum atomic E-state index is 11.1. The molecule has 1 N–H and O–H groups in total. The molecule has 1 heterocycles. The van der Waals surface area contributed by atoms with Crippen LogP contribution in [0.3, 0.4) is 0 Å². The molecule has 4 heteroatoms. The van der Waals surface area contributed by atoms with Crippen molar-refractivity contribution in [2.75, 3.05) is 0 Å². The van der Waals surface area contributed by atoms with Crippen molar-refractivity contribution in [1.82, 2.24) is 4.57 Å². The fraction of sp³-hybridized carbons (Fsp3) is 0.0645. The summed E-state index contributed by atoms with van der Waals surface area (Å²) in [6.07, 6.45) is 6.90. The van der Waals surface area contributed by atoms with Gasteiger partial charge < -0.3 is 14.4 Å². The number of hydrogen-bond donors (Lipinski definition) is 1. The lowest BCUT2D eigenvalue weighted by Gasteiger charge is -2.09.